The fourth-order valence-electron chi connectivity index (χ4n) is 3.69. The number of rotatable bonds is 6. The van der Waals surface area contributed by atoms with E-state index in [0.29, 0.717) is 24.7 Å². The number of aryl methyl sites for hydroxylation is 1. The lowest BCUT2D eigenvalue weighted by atomic mass is 10.00. The molecule has 0 aliphatic carbocycles. The van der Waals surface area contributed by atoms with Gasteiger partial charge in [0.2, 0.25) is 11.8 Å². The van der Waals surface area contributed by atoms with Crippen LogP contribution in [0.15, 0.2) is 30.3 Å². The standard InChI is InChI=1S/C21H24ClN3O2/c22-18-6-3-17-14-25(11-9-16(17)13-18)10-1-2-12-27-20-8-5-15-4-7-19(26)23-21(15)24-20/h3,5-6,8,13H,1-2,4,7,9-12,14H2,(H,23,24,26). The second-order valence-electron chi connectivity index (χ2n) is 7.20. The van der Waals surface area contributed by atoms with E-state index in [2.05, 4.69) is 27.3 Å². The fourth-order valence-corrected chi connectivity index (χ4v) is 3.88. The van der Waals surface area contributed by atoms with E-state index in [1.54, 1.807) is 0 Å². The van der Waals surface area contributed by atoms with E-state index in [4.69, 9.17) is 16.3 Å². The monoisotopic (exact) mass is 385 g/mol. The first-order valence-corrected chi connectivity index (χ1v) is 9.97. The number of ether oxygens (including phenoxy) is 1. The average molecular weight is 386 g/mol. The molecule has 2 aliphatic rings. The van der Waals surface area contributed by atoms with Crippen LogP contribution in [0.4, 0.5) is 5.82 Å². The summed E-state index contributed by atoms with van der Waals surface area (Å²) in [7, 11) is 0. The summed E-state index contributed by atoms with van der Waals surface area (Å²) in [6.45, 7) is 3.79. The number of nitrogens with one attached hydrogen (secondary N) is 1. The summed E-state index contributed by atoms with van der Waals surface area (Å²) < 4.78 is 5.77. The predicted molar refractivity (Wildman–Crippen MR) is 106 cm³/mol. The Hall–Kier alpha value is -2.11. The lowest BCUT2D eigenvalue weighted by molar-refractivity contribution is -0.116. The largest absolute Gasteiger partial charge is 0.478 e. The molecule has 0 fully saturated rings. The molecule has 0 saturated carbocycles. The highest BCUT2D eigenvalue weighted by Crippen LogP contribution is 2.24. The van der Waals surface area contributed by atoms with Crippen LogP contribution in [-0.4, -0.2) is 35.5 Å². The van der Waals surface area contributed by atoms with E-state index in [9.17, 15) is 4.79 Å². The number of carbonyl (C=O) groups is 1. The fraction of sp³-hybridized carbons (Fsp3) is 0.429. The van der Waals surface area contributed by atoms with Crippen molar-refractivity contribution in [3.63, 3.8) is 0 Å². The van der Waals surface area contributed by atoms with Crippen molar-refractivity contribution in [1.82, 2.24) is 9.88 Å². The van der Waals surface area contributed by atoms with Crippen LogP contribution in [0.2, 0.25) is 5.02 Å². The molecule has 0 unspecified atom stereocenters. The molecule has 1 N–H and O–H groups in total. The summed E-state index contributed by atoms with van der Waals surface area (Å²) in [6.07, 6.45) is 4.42. The number of unbranched alkanes of at least 4 members (excludes halogenated alkanes) is 1. The van der Waals surface area contributed by atoms with Gasteiger partial charge in [0.05, 0.1) is 6.61 Å². The summed E-state index contributed by atoms with van der Waals surface area (Å²) in [5.41, 5.74) is 3.85. The van der Waals surface area contributed by atoms with Gasteiger partial charge < -0.3 is 10.1 Å². The van der Waals surface area contributed by atoms with E-state index in [-0.39, 0.29) is 5.91 Å². The molecule has 0 spiro atoms. The van der Waals surface area contributed by atoms with Gasteiger partial charge in [0.15, 0.2) is 0 Å². The number of amides is 1. The number of anilines is 1. The molecule has 0 atom stereocenters. The zero-order chi connectivity index (χ0) is 18.6. The molecular formula is C21H24ClN3O2. The van der Waals surface area contributed by atoms with Crippen LogP contribution < -0.4 is 10.1 Å². The highest BCUT2D eigenvalue weighted by Gasteiger charge is 2.17. The Morgan fingerprint density at radius 2 is 1.96 bits per heavy atom. The van der Waals surface area contributed by atoms with Crippen LogP contribution in [0.25, 0.3) is 0 Å². The maximum atomic E-state index is 11.5. The van der Waals surface area contributed by atoms with Crippen LogP contribution in [0, 0.1) is 0 Å². The Kier molecular flexibility index (Phi) is 5.60. The van der Waals surface area contributed by atoms with Gasteiger partial charge in [0, 0.05) is 30.6 Å². The summed E-state index contributed by atoms with van der Waals surface area (Å²) >= 11 is 6.08. The smallest absolute Gasteiger partial charge is 0.225 e. The van der Waals surface area contributed by atoms with Crippen LogP contribution in [-0.2, 0) is 24.2 Å². The summed E-state index contributed by atoms with van der Waals surface area (Å²) in [4.78, 5) is 18.4. The number of fused-ring (bicyclic) bond motifs is 2. The van der Waals surface area contributed by atoms with Crippen LogP contribution >= 0.6 is 11.6 Å². The number of carbonyl (C=O) groups excluding carboxylic acids is 1. The first-order chi connectivity index (χ1) is 13.2. The minimum absolute atomic E-state index is 0.0255. The molecule has 3 heterocycles. The number of nitrogens with zero attached hydrogens (tertiary/aromatic N) is 2. The molecule has 0 radical (unpaired) electrons. The Bertz CT molecular complexity index is 840. The number of halogens is 1. The maximum absolute atomic E-state index is 11.5. The number of benzene rings is 1. The molecule has 0 saturated heterocycles. The SMILES string of the molecule is O=C1CCc2ccc(OCCCCN3CCc4cc(Cl)ccc4C3)nc2N1. The number of pyridine rings is 1. The van der Waals surface area contributed by atoms with Crippen molar-refractivity contribution in [2.75, 3.05) is 25.0 Å². The Balaban J connectivity index is 1.19. The first-order valence-electron chi connectivity index (χ1n) is 9.59. The highest BCUT2D eigenvalue weighted by atomic mass is 35.5. The van der Waals surface area contributed by atoms with Crippen molar-refractivity contribution in [2.24, 2.45) is 0 Å². The topological polar surface area (TPSA) is 54.5 Å². The van der Waals surface area contributed by atoms with Crippen molar-refractivity contribution in [3.05, 3.63) is 52.0 Å². The van der Waals surface area contributed by atoms with E-state index in [1.165, 1.54) is 11.1 Å². The molecule has 6 heteroatoms. The molecular weight excluding hydrogens is 362 g/mol. The Morgan fingerprint density at radius 1 is 1.07 bits per heavy atom. The summed E-state index contributed by atoms with van der Waals surface area (Å²) in [5, 5.41) is 3.64. The van der Waals surface area contributed by atoms with Crippen LogP contribution in [0.3, 0.4) is 0 Å². The van der Waals surface area contributed by atoms with Crippen molar-refractivity contribution in [1.29, 1.82) is 0 Å². The van der Waals surface area contributed by atoms with Gasteiger partial charge in [-0.2, -0.15) is 4.98 Å². The molecule has 27 heavy (non-hydrogen) atoms. The van der Waals surface area contributed by atoms with Crippen LogP contribution in [0.1, 0.15) is 36.0 Å². The molecule has 4 rings (SSSR count). The number of aromatic nitrogens is 1. The van der Waals surface area contributed by atoms with E-state index < -0.39 is 0 Å². The summed E-state index contributed by atoms with van der Waals surface area (Å²) in [5.74, 6) is 1.26. The zero-order valence-corrected chi connectivity index (χ0v) is 16.1. The minimum atomic E-state index is 0.0255. The molecule has 1 aromatic carbocycles. The zero-order valence-electron chi connectivity index (χ0n) is 15.3. The van der Waals surface area contributed by atoms with Gasteiger partial charge in [-0.25, -0.2) is 0 Å². The first kappa shape index (κ1) is 18.3. The molecule has 0 bridgehead atoms. The Morgan fingerprint density at radius 3 is 2.89 bits per heavy atom. The van der Waals surface area contributed by atoms with Gasteiger partial charge in [0.25, 0.3) is 0 Å². The molecule has 1 aromatic heterocycles. The normalized spacial score (nSPS) is 16.4. The molecule has 1 amide bonds. The number of hydrogen-bond acceptors (Lipinski definition) is 4. The lowest BCUT2D eigenvalue weighted by Crippen LogP contribution is -2.31. The van der Waals surface area contributed by atoms with Gasteiger partial charge in [-0.1, -0.05) is 17.7 Å². The molecule has 5 nitrogen and oxygen atoms in total. The quantitative estimate of drug-likeness (QED) is 0.767. The third kappa shape index (κ3) is 4.60. The van der Waals surface area contributed by atoms with Gasteiger partial charge >= 0.3 is 0 Å². The maximum Gasteiger partial charge on any atom is 0.225 e. The van der Waals surface area contributed by atoms with Crippen LogP contribution in [0.5, 0.6) is 5.88 Å². The van der Waals surface area contributed by atoms with Crippen molar-refractivity contribution in [2.45, 2.75) is 38.6 Å². The molecule has 2 aromatic rings. The predicted octanol–water partition coefficient (Wildman–Crippen LogP) is 3.84. The van der Waals surface area contributed by atoms with Gasteiger partial charge in [-0.05, 0) is 67.1 Å². The number of hydrogen-bond donors (Lipinski definition) is 1. The van der Waals surface area contributed by atoms with E-state index in [0.717, 1.165) is 55.9 Å². The second-order valence-corrected chi connectivity index (χ2v) is 7.64. The van der Waals surface area contributed by atoms with E-state index in [1.807, 2.05) is 18.2 Å². The van der Waals surface area contributed by atoms with Gasteiger partial charge in [-0.15, -0.1) is 0 Å². The molecule has 2 aliphatic heterocycles. The van der Waals surface area contributed by atoms with Crippen molar-refractivity contribution >= 4 is 23.3 Å². The van der Waals surface area contributed by atoms with E-state index >= 15 is 0 Å². The highest BCUT2D eigenvalue weighted by molar-refractivity contribution is 6.30. The molecule has 142 valence electrons. The summed E-state index contributed by atoms with van der Waals surface area (Å²) in [6, 6.07) is 10.1. The third-order valence-electron chi connectivity index (χ3n) is 5.21. The average Bonchev–Trinajstić information content (AvgIpc) is 2.67. The van der Waals surface area contributed by atoms with Crippen molar-refractivity contribution < 1.29 is 9.53 Å². The minimum Gasteiger partial charge on any atom is -0.478 e. The Labute approximate surface area is 164 Å². The van der Waals surface area contributed by atoms with Gasteiger partial charge in [0.1, 0.15) is 5.82 Å². The second kappa shape index (κ2) is 8.28. The third-order valence-corrected chi connectivity index (χ3v) is 5.45. The van der Waals surface area contributed by atoms with Gasteiger partial charge in [-0.3, -0.25) is 9.69 Å². The van der Waals surface area contributed by atoms with Crippen molar-refractivity contribution in [3.8, 4) is 5.88 Å². The lowest BCUT2D eigenvalue weighted by Gasteiger charge is -2.28.